The van der Waals surface area contributed by atoms with Gasteiger partial charge in [0.15, 0.2) is 0 Å². The Bertz CT molecular complexity index is 447. The summed E-state index contributed by atoms with van der Waals surface area (Å²) >= 11 is 0. The molecule has 0 bridgehead atoms. The summed E-state index contributed by atoms with van der Waals surface area (Å²) in [6.07, 6.45) is 3.78. The Morgan fingerprint density at radius 1 is 1.40 bits per heavy atom. The number of aryl methyl sites for hydroxylation is 1. The van der Waals surface area contributed by atoms with Crippen molar-refractivity contribution in [2.45, 2.75) is 13.5 Å². The smallest absolute Gasteiger partial charge is 0.125 e. The molecule has 4 heteroatoms. The van der Waals surface area contributed by atoms with Crippen molar-refractivity contribution in [1.82, 2.24) is 14.8 Å². The minimum Gasteiger partial charge on any atom is -0.373 e. The number of anilines is 1. The summed E-state index contributed by atoms with van der Waals surface area (Å²) in [5.41, 5.74) is 2.23. The van der Waals surface area contributed by atoms with Gasteiger partial charge in [0.05, 0.1) is 12.2 Å². The molecule has 0 aromatic carbocycles. The lowest BCUT2D eigenvalue weighted by Crippen LogP contribution is -2.02. The SMILES string of the molecule is CNc1cc(Cn2ccc(C)n2)ccn1. The minimum absolute atomic E-state index is 0.783. The summed E-state index contributed by atoms with van der Waals surface area (Å²) in [5, 5.41) is 7.35. The molecule has 2 heterocycles. The molecule has 0 aliphatic carbocycles. The van der Waals surface area contributed by atoms with Gasteiger partial charge < -0.3 is 5.32 Å². The first-order chi connectivity index (χ1) is 7.28. The van der Waals surface area contributed by atoms with Gasteiger partial charge in [-0.2, -0.15) is 5.10 Å². The van der Waals surface area contributed by atoms with Crippen LogP contribution in [0.1, 0.15) is 11.3 Å². The molecular formula is C11H14N4. The molecule has 0 atom stereocenters. The summed E-state index contributed by atoms with van der Waals surface area (Å²) in [6, 6.07) is 6.02. The van der Waals surface area contributed by atoms with Crippen LogP contribution in [0.25, 0.3) is 0 Å². The first-order valence-electron chi connectivity index (χ1n) is 4.90. The molecule has 0 amide bonds. The Balaban J connectivity index is 2.16. The summed E-state index contributed by atoms with van der Waals surface area (Å²) in [7, 11) is 1.87. The zero-order valence-corrected chi connectivity index (χ0v) is 8.94. The molecule has 0 saturated heterocycles. The molecule has 0 fully saturated rings. The van der Waals surface area contributed by atoms with Gasteiger partial charge in [0.1, 0.15) is 5.82 Å². The van der Waals surface area contributed by atoms with Crippen LogP contribution in [0.2, 0.25) is 0 Å². The lowest BCUT2D eigenvalue weighted by molar-refractivity contribution is 0.679. The molecule has 0 aliphatic rings. The normalized spacial score (nSPS) is 10.3. The van der Waals surface area contributed by atoms with Gasteiger partial charge in [0.25, 0.3) is 0 Å². The third-order valence-corrected chi connectivity index (χ3v) is 2.20. The standard InChI is InChI=1S/C11H14N4/c1-9-4-6-15(14-9)8-10-3-5-13-11(7-10)12-2/h3-7H,8H2,1-2H3,(H,12,13). The monoisotopic (exact) mass is 202 g/mol. The van der Waals surface area contributed by atoms with Crippen molar-refractivity contribution < 1.29 is 0 Å². The number of nitrogens with zero attached hydrogens (tertiary/aromatic N) is 3. The number of hydrogen-bond acceptors (Lipinski definition) is 3. The third-order valence-electron chi connectivity index (χ3n) is 2.20. The Morgan fingerprint density at radius 3 is 2.93 bits per heavy atom. The van der Waals surface area contributed by atoms with Gasteiger partial charge in [-0.3, -0.25) is 4.68 Å². The van der Waals surface area contributed by atoms with Crippen molar-refractivity contribution in [3.63, 3.8) is 0 Å². The summed E-state index contributed by atoms with van der Waals surface area (Å²) in [5.74, 6) is 0.886. The molecule has 2 aromatic rings. The number of pyridine rings is 1. The van der Waals surface area contributed by atoms with Crippen molar-refractivity contribution >= 4 is 5.82 Å². The van der Waals surface area contributed by atoms with Gasteiger partial charge in [-0.1, -0.05) is 0 Å². The van der Waals surface area contributed by atoms with E-state index >= 15 is 0 Å². The molecule has 2 rings (SSSR count). The van der Waals surface area contributed by atoms with Gasteiger partial charge in [-0.15, -0.1) is 0 Å². The molecule has 0 aliphatic heterocycles. The molecule has 1 N–H and O–H groups in total. The lowest BCUT2D eigenvalue weighted by Gasteiger charge is -2.04. The number of rotatable bonds is 3. The predicted molar refractivity (Wildman–Crippen MR) is 59.8 cm³/mol. The highest BCUT2D eigenvalue weighted by Crippen LogP contribution is 2.07. The van der Waals surface area contributed by atoms with Crippen LogP contribution >= 0.6 is 0 Å². The molecule has 0 spiro atoms. The Labute approximate surface area is 89.0 Å². The first-order valence-corrected chi connectivity index (χ1v) is 4.90. The number of nitrogens with one attached hydrogen (secondary N) is 1. The van der Waals surface area contributed by atoms with Crippen LogP contribution in [0.5, 0.6) is 0 Å². The van der Waals surface area contributed by atoms with E-state index in [0.29, 0.717) is 0 Å². The van der Waals surface area contributed by atoms with Crippen LogP contribution in [0.15, 0.2) is 30.6 Å². The van der Waals surface area contributed by atoms with Crippen LogP contribution in [0, 0.1) is 6.92 Å². The Morgan fingerprint density at radius 2 is 2.27 bits per heavy atom. The van der Waals surface area contributed by atoms with Gasteiger partial charge >= 0.3 is 0 Å². The highest BCUT2D eigenvalue weighted by molar-refractivity contribution is 5.36. The molecular weight excluding hydrogens is 188 g/mol. The summed E-state index contributed by atoms with van der Waals surface area (Å²) in [4.78, 5) is 4.16. The van der Waals surface area contributed by atoms with E-state index in [0.717, 1.165) is 18.1 Å². The highest BCUT2D eigenvalue weighted by Gasteiger charge is 1.98. The maximum absolute atomic E-state index is 4.34. The van der Waals surface area contributed by atoms with E-state index in [1.54, 1.807) is 6.20 Å². The van der Waals surface area contributed by atoms with Crippen LogP contribution in [-0.4, -0.2) is 21.8 Å². The quantitative estimate of drug-likeness (QED) is 0.823. The lowest BCUT2D eigenvalue weighted by atomic mass is 10.2. The van der Waals surface area contributed by atoms with E-state index in [1.807, 2.05) is 43.0 Å². The second kappa shape index (κ2) is 4.13. The topological polar surface area (TPSA) is 42.7 Å². The minimum atomic E-state index is 0.783. The Kier molecular flexibility index (Phi) is 2.67. The Hall–Kier alpha value is -1.84. The van der Waals surface area contributed by atoms with Gasteiger partial charge in [-0.25, -0.2) is 4.98 Å². The van der Waals surface area contributed by atoms with Crippen LogP contribution in [0.3, 0.4) is 0 Å². The predicted octanol–water partition coefficient (Wildman–Crippen LogP) is 1.68. The zero-order chi connectivity index (χ0) is 10.7. The van der Waals surface area contributed by atoms with Gasteiger partial charge in [0, 0.05) is 19.4 Å². The van der Waals surface area contributed by atoms with Crippen molar-refractivity contribution in [3.8, 4) is 0 Å². The summed E-state index contributed by atoms with van der Waals surface area (Å²) in [6.45, 7) is 2.77. The molecule has 2 aromatic heterocycles. The van der Waals surface area contributed by atoms with Crippen molar-refractivity contribution in [2.24, 2.45) is 0 Å². The molecule has 0 unspecified atom stereocenters. The fraction of sp³-hybridized carbons (Fsp3) is 0.273. The second-order valence-electron chi connectivity index (χ2n) is 3.45. The van der Waals surface area contributed by atoms with Gasteiger partial charge in [0.2, 0.25) is 0 Å². The summed E-state index contributed by atoms with van der Waals surface area (Å²) < 4.78 is 1.92. The van der Waals surface area contributed by atoms with E-state index in [1.165, 1.54) is 5.56 Å². The van der Waals surface area contributed by atoms with E-state index in [4.69, 9.17) is 0 Å². The third kappa shape index (κ3) is 2.34. The van der Waals surface area contributed by atoms with Crippen molar-refractivity contribution in [2.75, 3.05) is 12.4 Å². The van der Waals surface area contributed by atoms with E-state index in [9.17, 15) is 0 Å². The maximum atomic E-state index is 4.34. The average Bonchev–Trinajstić information content (AvgIpc) is 2.64. The van der Waals surface area contributed by atoms with Crippen molar-refractivity contribution in [3.05, 3.63) is 41.9 Å². The van der Waals surface area contributed by atoms with Crippen molar-refractivity contribution in [1.29, 1.82) is 0 Å². The first kappa shape index (κ1) is 9.71. The number of hydrogen-bond donors (Lipinski definition) is 1. The second-order valence-corrected chi connectivity index (χ2v) is 3.45. The van der Waals surface area contributed by atoms with Crippen LogP contribution in [0.4, 0.5) is 5.82 Å². The molecule has 15 heavy (non-hydrogen) atoms. The maximum Gasteiger partial charge on any atom is 0.125 e. The molecule has 4 nitrogen and oxygen atoms in total. The van der Waals surface area contributed by atoms with Gasteiger partial charge in [-0.05, 0) is 30.7 Å². The number of aromatic nitrogens is 3. The largest absolute Gasteiger partial charge is 0.373 e. The fourth-order valence-corrected chi connectivity index (χ4v) is 1.45. The van der Waals surface area contributed by atoms with Crippen LogP contribution < -0.4 is 5.32 Å². The highest BCUT2D eigenvalue weighted by atomic mass is 15.3. The van der Waals surface area contributed by atoms with E-state index < -0.39 is 0 Å². The molecule has 0 saturated carbocycles. The zero-order valence-electron chi connectivity index (χ0n) is 8.94. The fourth-order valence-electron chi connectivity index (χ4n) is 1.45. The van der Waals surface area contributed by atoms with E-state index in [2.05, 4.69) is 15.4 Å². The average molecular weight is 202 g/mol. The van der Waals surface area contributed by atoms with Crippen LogP contribution in [-0.2, 0) is 6.54 Å². The molecule has 0 radical (unpaired) electrons. The molecule has 78 valence electrons. The van der Waals surface area contributed by atoms with E-state index in [-0.39, 0.29) is 0 Å².